The monoisotopic (exact) mass is 237 g/mol. The molecule has 0 spiro atoms. The molecule has 6 nitrogen and oxygen atoms in total. The van der Waals surface area contributed by atoms with E-state index in [1.807, 2.05) is 0 Å². The molecule has 0 aliphatic rings. The van der Waals surface area contributed by atoms with Gasteiger partial charge in [0, 0.05) is 12.5 Å². The fourth-order valence-electron chi connectivity index (χ4n) is 1.13. The normalized spacial score (nSPS) is 11.9. The van der Waals surface area contributed by atoms with Gasteiger partial charge in [-0.3, -0.25) is 14.6 Å². The number of nitrogens with two attached hydrogens (primary N) is 1. The molecule has 0 aliphatic carbocycles. The largest absolute Gasteiger partial charge is 0.481 e. The Balaban J connectivity index is 2.62. The first kappa shape index (κ1) is 13.1. The predicted molar refractivity (Wildman–Crippen MR) is 62.4 cm³/mol. The van der Waals surface area contributed by atoms with Gasteiger partial charge in [-0.2, -0.15) is 0 Å². The molecule has 6 heteroatoms. The van der Waals surface area contributed by atoms with E-state index in [0.29, 0.717) is 11.4 Å². The van der Waals surface area contributed by atoms with Crippen molar-refractivity contribution in [2.75, 3.05) is 11.9 Å². The molecule has 1 aromatic heterocycles. The summed E-state index contributed by atoms with van der Waals surface area (Å²) in [6, 6.07) is 3.18. The van der Waals surface area contributed by atoms with E-state index in [0.717, 1.165) is 0 Å². The molecular formula is C11H15N3O3. The first-order valence-electron chi connectivity index (χ1n) is 5.20. The number of pyridine rings is 1. The average molecular weight is 237 g/mol. The van der Waals surface area contributed by atoms with Gasteiger partial charge >= 0.3 is 5.97 Å². The van der Waals surface area contributed by atoms with Crippen molar-refractivity contribution in [3.8, 4) is 0 Å². The molecule has 1 aromatic rings. The van der Waals surface area contributed by atoms with Crippen LogP contribution in [-0.4, -0.2) is 28.5 Å². The van der Waals surface area contributed by atoms with Gasteiger partial charge in [0.2, 0.25) is 5.91 Å². The number of nitrogens with zero attached hydrogens (tertiary/aromatic N) is 1. The Morgan fingerprint density at radius 3 is 2.71 bits per heavy atom. The lowest BCUT2D eigenvalue weighted by Crippen LogP contribution is -2.26. The zero-order valence-electron chi connectivity index (χ0n) is 9.51. The van der Waals surface area contributed by atoms with Crippen molar-refractivity contribution in [1.82, 2.24) is 4.98 Å². The van der Waals surface area contributed by atoms with Crippen LogP contribution in [0.4, 0.5) is 5.69 Å². The second-order valence-corrected chi connectivity index (χ2v) is 3.73. The number of amides is 1. The standard InChI is InChI=1S/C11H15N3O3/c1-7(5-12)11(17)14-9-3-2-8(13-6-9)4-10(15)16/h2-3,6-7H,4-5,12H2,1H3,(H,14,17)(H,15,16). The van der Waals surface area contributed by atoms with E-state index in [9.17, 15) is 9.59 Å². The molecule has 0 radical (unpaired) electrons. The van der Waals surface area contributed by atoms with E-state index >= 15 is 0 Å². The number of hydrogen-bond acceptors (Lipinski definition) is 4. The van der Waals surface area contributed by atoms with Gasteiger partial charge in [-0.15, -0.1) is 0 Å². The molecule has 0 bridgehead atoms. The van der Waals surface area contributed by atoms with Crippen LogP contribution in [0.15, 0.2) is 18.3 Å². The van der Waals surface area contributed by atoms with Crippen LogP contribution in [-0.2, 0) is 16.0 Å². The molecule has 17 heavy (non-hydrogen) atoms. The van der Waals surface area contributed by atoms with Crippen molar-refractivity contribution >= 4 is 17.6 Å². The second kappa shape index (κ2) is 5.95. The summed E-state index contributed by atoms with van der Waals surface area (Å²) in [5, 5.41) is 11.2. The van der Waals surface area contributed by atoms with Gasteiger partial charge in [0.05, 0.1) is 24.0 Å². The number of carbonyl (C=O) groups is 2. The van der Waals surface area contributed by atoms with Gasteiger partial charge in [0.1, 0.15) is 0 Å². The minimum absolute atomic E-state index is 0.132. The summed E-state index contributed by atoms with van der Waals surface area (Å²) in [7, 11) is 0. The molecule has 0 saturated carbocycles. The lowest BCUT2D eigenvalue weighted by atomic mass is 10.1. The lowest BCUT2D eigenvalue weighted by Gasteiger charge is -2.09. The molecule has 0 fully saturated rings. The maximum absolute atomic E-state index is 11.5. The van der Waals surface area contributed by atoms with Gasteiger partial charge in [0.15, 0.2) is 0 Å². The van der Waals surface area contributed by atoms with Crippen molar-refractivity contribution in [1.29, 1.82) is 0 Å². The van der Waals surface area contributed by atoms with Gasteiger partial charge in [-0.05, 0) is 12.1 Å². The van der Waals surface area contributed by atoms with Crippen LogP contribution in [0.3, 0.4) is 0 Å². The van der Waals surface area contributed by atoms with E-state index in [4.69, 9.17) is 10.8 Å². The highest BCUT2D eigenvalue weighted by Crippen LogP contribution is 2.08. The second-order valence-electron chi connectivity index (χ2n) is 3.73. The van der Waals surface area contributed by atoms with Crippen molar-refractivity contribution in [3.05, 3.63) is 24.0 Å². The summed E-state index contributed by atoms with van der Waals surface area (Å²) < 4.78 is 0. The summed E-state index contributed by atoms with van der Waals surface area (Å²) in [4.78, 5) is 25.9. The number of aliphatic carboxylic acids is 1. The maximum Gasteiger partial charge on any atom is 0.309 e. The highest BCUT2D eigenvalue weighted by molar-refractivity contribution is 5.92. The summed E-state index contributed by atoms with van der Waals surface area (Å²) in [6.45, 7) is 2.00. The van der Waals surface area contributed by atoms with E-state index in [1.54, 1.807) is 19.1 Å². The third-order valence-corrected chi connectivity index (χ3v) is 2.23. The van der Waals surface area contributed by atoms with Crippen molar-refractivity contribution in [2.24, 2.45) is 11.7 Å². The highest BCUT2D eigenvalue weighted by atomic mass is 16.4. The third-order valence-electron chi connectivity index (χ3n) is 2.23. The maximum atomic E-state index is 11.5. The number of rotatable bonds is 5. The van der Waals surface area contributed by atoms with Crippen LogP contribution in [0.2, 0.25) is 0 Å². The summed E-state index contributed by atoms with van der Waals surface area (Å²) in [5.74, 6) is -1.39. The Hall–Kier alpha value is -1.95. The Kier molecular flexibility index (Phi) is 4.59. The summed E-state index contributed by atoms with van der Waals surface area (Å²) in [6.07, 6.45) is 1.30. The molecule has 1 atom stereocenters. The highest BCUT2D eigenvalue weighted by Gasteiger charge is 2.11. The summed E-state index contributed by atoms with van der Waals surface area (Å²) >= 11 is 0. The number of aromatic nitrogens is 1. The van der Waals surface area contributed by atoms with E-state index < -0.39 is 5.97 Å². The number of hydrogen-bond donors (Lipinski definition) is 3. The average Bonchev–Trinajstić information content (AvgIpc) is 2.30. The number of anilines is 1. The Labute approximate surface area is 98.8 Å². The minimum Gasteiger partial charge on any atom is -0.481 e. The minimum atomic E-state index is -0.939. The number of carboxylic acids is 1. The van der Waals surface area contributed by atoms with Crippen molar-refractivity contribution < 1.29 is 14.7 Å². The van der Waals surface area contributed by atoms with Crippen LogP contribution in [0.25, 0.3) is 0 Å². The Bertz CT molecular complexity index is 403. The van der Waals surface area contributed by atoms with Gasteiger partial charge in [-0.25, -0.2) is 0 Å². The van der Waals surface area contributed by atoms with Crippen molar-refractivity contribution in [3.63, 3.8) is 0 Å². The molecule has 4 N–H and O–H groups in total. The zero-order valence-corrected chi connectivity index (χ0v) is 9.51. The van der Waals surface area contributed by atoms with Crippen LogP contribution >= 0.6 is 0 Å². The van der Waals surface area contributed by atoms with E-state index in [-0.39, 0.29) is 24.8 Å². The molecule has 1 unspecified atom stereocenters. The first-order valence-corrected chi connectivity index (χ1v) is 5.20. The molecule has 0 aromatic carbocycles. The van der Waals surface area contributed by atoms with Gasteiger partial charge in [-0.1, -0.05) is 6.92 Å². The van der Waals surface area contributed by atoms with Gasteiger partial charge < -0.3 is 16.2 Å². The Morgan fingerprint density at radius 2 is 2.24 bits per heavy atom. The lowest BCUT2D eigenvalue weighted by molar-refractivity contribution is -0.136. The quantitative estimate of drug-likeness (QED) is 0.680. The fraction of sp³-hybridized carbons (Fsp3) is 0.364. The van der Waals surface area contributed by atoms with E-state index in [1.165, 1.54) is 6.20 Å². The first-order chi connectivity index (χ1) is 8.02. The molecule has 1 heterocycles. The number of carboxylic acid groups (broad SMARTS) is 1. The Morgan fingerprint density at radius 1 is 1.53 bits per heavy atom. The molecule has 0 aliphatic heterocycles. The fourth-order valence-corrected chi connectivity index (χ4v) is 1.13. The molecular weight excluding hydrogens is 222 g/mol. The molecule has 0 saturated heterocycles. The smallest absolute Gasteiger partial charge is 0.309 e. The third kappa shape index (κ3) is 4.20. The topological polar surface area (TPSA) is 105 Å². The van der Waals surface area contributed by atoms with Crippen LogP contribution in [0, 0.1) is 5.92 Å². The molecule has 92 valence electrons. The van der Waals surface area contributed by atoms with Crippen LogP contribution in [0.1, 0.15) is 12.6 Å². The van der Waals surface area contributed by atoms with Crippen molar-refractivity contribution in [2.45, 2.75) is 13.3 Å². The number of nitrogens with one attached hydrogen (secondary N) is 1. The number of carbonyl (C=O) groups excluding carboxylic acids is 1. The van der Waals surface area contributed by atoms with Crippen LogP contribution in [0.5, 0.6) is 0 Å². The molecule has 1 amide bonds. The van der Waals surface area contributed by atoms with Gasteiger partial charge in [0.25, 0.3) is 0 Å². The summed E-state index contributed by atoms with van der Waals surface area (Å²) in [5.41, 5.74) is 6.34. The van der Waals surface area contributed by atoms with E-state index in [2.05, 4.69) is 10.3 Å². The zero-order chi connectivity index (χ0) is 12.8. The predicted octanol–water partition coefficient (Wildman–Crippen LogP) is 0.242. The van der Waals surface area contributed by atoms with Crippen LogP contribution < -0.4 is 11.1 Å². The SMILES string of the molecule is CC(CN)C(=O)Nc1ccc(CC(=O)O)nc1. The molecule has 1 rings (SSSR count).